The first-order valence-electron chi connectivity index (χ1n) is 5.40. The van der Waals surface area contributed by atoms with E-state index >= 15 is 0 Å². The van der Waals surface area contributed by atoms with Crippen LogP contribution in [0.3, 0.4) is 0 Å². The number of nitriles is 1. The molecule has 1 fully saturated rings. The van der Waals surface area contributed by atoms with Crippen LogP contribution >= 0.6 is 15.9 Å². The predicted molar refractivity (Wildman–Crippen MR) is 64.5 cm³/mol. The molecule has 1 aromatic rings. The number of hydrogen-bond acceptors (Lipinski definition) is 1. The zero-order valence-corrected chi connectivity index (χ0v) is 10.3. The average Bonchev–Trinajstić information content (AvgIpc) is 2.68. The van der Waals surface area contributed by atoms with Gasteiger partial charge in [-0.15, -0.1) is 0 Å². The van der Waals surface area contributed by atoms with Crippen LogP contribution in [-0.2, 0) is 5.41 Å². The standard InChI is InChI=1S/C13H14BrN/c14-12-5-3-4-11(10-12)13(8-9-15)6-1-2-7-13/h3-5,10H,1-2,6-8H2. The van der Waals surface area contributed by atoms with E-state index in [0.717, 1.165) is 17.3 Å². The third kappa shape index (κ3) is 2.08. The lowest BCUT2D eigenvalue weighted by Crippen LogP contribution is -2.21. The molecule has 1 nitrogen and oxygen atoms in total. The number of hydrogen-bond donors (Lipinski definition) is 0. The number of rotatable bonds is 2. The first kappa shape index (κ1) is 10.7. The molecular weight excluding hydrogens is 250 g/mol. The Balaban J connectivity index is 2.37. The highest BCUT2D eigenvalue weighted by Gasteiger charge is 2.35. The van der Waals surface area contributed by atoms with E-state index in [1.807, 2.05) is 6.07 Å². The SMILES string of the molecule is N#CCC1(c2cccc(Br)c2)CCCC1. The first-order chi connectivity index (χ1) is 7.27. The molecule has 0 atom stereocenters. The van der Waals surface area contributed by atoms with Gasteiger partial charge in [0, 0.05) is 16.3 Å². The number of benzene rings is 1. The summed E-state index contributed by atoms with van der Waals surface area (Å²) in [6, 6.07) is 10.8. The highest BCUT2D eigenvalue weighted by Crippen LogP contribution is 2.44. The molecule has 15 heavy (non-hydrogen) atoms. The molecule has 0 aliphatic heterocycles. The smallest absolute Gasteiger partial charge is 0.0631 e. The van der Waals surface area contributed by atoms with Crippen molar-refractivity contribution >= 4 is 15.9 Å². The lowest BCUT2D eigenvalue weighted by molar-refractivity contribution is 0.451. The van der Waals surface area contributed by atoms with E-state index in [0.29, 0.717) is 6.42 Å². The largest absolute Gasteiger partial charge is 0.198 e. The second-order valence-electron chi connectivity index (χ2n) is 4.33. The second kappa shape index (κ2) is 4.37. The van der Waals surface area contributed by atoms with Crippen molar-refractivity contribution in [2.75, 3.05) is 0 Å². The van der Waals surface area contributed by atoms with Gasteiger partial charge in [-0.25, -0.2) is 0 Å². The Morgan fingerprint density at radius 2 is 2.07 bits per heavy atom. The van der Waals surface area contributed by atoms with Crippen molar-refractivity contribution in [2.24, 2.45) is 0 Å². The van der Waals surface area contributed by atoms with Crippen molar-refractivity contribution in [1.29, 1.82) is 5.26 Å². The molecule has 0 unspecified atom stereocenters. The summed E-state index contributed by atoms with van der Waals surface area (Å²) < 4.78 is 1.12. The van der Waals surface area contributed by atoms with E-state index in [9.17, 15) is 0 Å². The van der Waals surface area contributed by atoms with Crippen molar-refractivity contribution in [3.63, 3.8) is 0 Å². The molecule has 0 saturated heterocycles. The van der Waals surface area contributed by atoms with Crippen LogP contribution in [0.4, 0.5) is 0 Å². The van der Waals surface area contributed by atoms with E-state index in [-0.39, 0.29) is 5.41 Å². The van der Waals surface area contributed by atoms with E-state index < -0.39 is 0 Å². The van der Waals surface area contributed by atoms with Crippen molar-refractivity contribution in [3.8, 4) is 6.07 Å². The summed E-state index contributed by atoms with van der Waals surface area (Å²) in [4.78, 5) is 0. The van der Waals surface area contributed by atoms with Gasteiger partial charge < -0.3 is 0 Å². The monoisotopic (exact) mass is 263 g/mol. The molecule has 0 spiro atoms. The molecule has 1 aliphatic carbocycles. The molecule has 1 aliphatic rings. The van der Waals surface area contributed by atoms with Crippen molar-refractivity contribution < 1.29 is 0 Å². The summed E-state index contributed by atoms with van der Waals surface area (Å²) in [6.45, 7) is 0. The van der Waals surface area contributed by atoms with Crippen molar-refractivity contribution in [2.45, 2.75) is 37.5 Å². The first-order valence-corrected chi connectivity index (χ1v) is 6.19. The molecule has 0 aromatic heterocycles. The molecule has 0 amide bonds. The van der Waals surface area contributed by atoms with Gasteiger partial charge in [0.25, 0.3) is 0 Å². The quantitative estimate of drug-likeness (QED) is 0.786. The van der Waals surface area contributed by atoms with Crippen LogP contribution in [0.5, 0.6) is 0 Å². The van der Waals surface area contributed by atoms with Gasteiger partial charge in [0.2, 0.25) is 0 Å². The normalized spacial score (nSPS) is 18.7. The van der Waals surface area contributed by atoms with Gasteiger partial charge in [-0.1, -0.05) is 40.9 Å². The number of halogens is 1. The average molecular weight is 264 g/mol. The van der Waals surface area contributed by atoms with E-state index in [1.54, 1.807) is 0 Å². The summed E-state index contributed by atoms with van der Waals surface area (Å²) in [5.41, 5.74) is 1.47. The Labute approximate surface area is 99.2 Å². The summed E-state index contributed by atoms with van der Waals surface area (Å²) in [5.74, 6) is 0. The van der Waals surface area contributed by atoms with Crippen LogP contribution in [0, 0.1) is 11.3 Å². The summed E-state index contributed by atoms with van der Waals surface area (Å²) in [7, 11) is 0. The van der Waals surface area contributed by atoms with Gasteiger partial charge in [-0.05, 0) is 30.5 Å². The van der Waals surface area contributed by atoms with Crippen LogP contribution in [0.15, 0.2) is 28.7 Å². The molecule has 0 bridgehead atoms. The molecule has 2 heteroatoms. The topological polar surface area (TPSA) is 23.8 Å². The Morgan fingerprint density at radius 3 is 2.67 bits per heavy atom. The maximum absolute atomic E-state index is 8.96. The van der Waals surface area contributed by atoms with Gasteiger partial charge in [0.1, 0.15) is 0 Å². The molecule has 0 heterocycles. The highest BCUT2D eigenvalue weighted by molar-refractivity contribution is 9.10. The second-order valence-corrected chi connectivity index (χ2v) is 5.25. The van der Waals surface area contributed by atoms with E-state index in [4.69, 9.17) is 5.26 Å². The van der Waals surface area contributed by atoms with Crippen LogP contribution in [0.1, 0.15) is 37.7 Å². The predicted octanol–water partition coefficient (Wildman–Crippen LogP) is 4.17. The Kier molecular flexibility index (Phi) is 3.11. The van der Waals surface area contributed by atoms with Crippen molar-refractivity contribution in [1.82, 2.24) is 0 Å². The van der Waals surface area contributed by atoms with Crippen LogP contribution < -0.4 is 0 Å². The minimum absolute atomic E-state index is 0.137. The highest BCUT2D eigenvalue weighted by atomic mass is 79.9. The Hall–Kier alpha value is -0.810. The van der Waals surface area contributed by atoms with Gasteiger partial charge in [-0.2, -0.15) is 5.26 Å². The van der Waals surface area contributed by atoms with Gasteiger partial charge in [0.15, 0.2) is 0 Å². The maximum atomic E-state index is 8.96. The Bertz CT molecular complexity index is 386. The minimum Gasteiger partial charge on any atom is -0.198 e. The van der Waals surface area contributed by atoms with Gasteiger partial charge in [0.05, 0.1) is 6.07 Å². The fraction of sp³-hybridized carbons (Fsp3) is 0.462. The molecular formula is C13H14BrN. The third-order valence-corrected chi connectivity index (χ3v) is 3.91. The molecule has 78 valence electrons. The lowest BCUT2D eigenvalue weighted by atomic mass is 9.77. The molecule has 1 aromatic carbocycles. The maximum Gasteiger partial charge on any atom is 0.0631 e. The minimum atomic E-state index is 0.137. The summed E-state index contributed by atoms with van der Waals surface area (Å²) in [5, 5.41) is 8.96. The fourth-order valence-electron chi connectivity index (χ4n) is 2.59. The zero-order valence-electron chi connectivity index (χ0n) is 8.67. The van der Waals surface area contributed by atoms with Gasteiger partial charge >= 0.3 is 0 Å². The molecule has 0 radical (unpaired) electrons. The van der Waals surface area contributed by atoms with Crippen LogP contribution in [0.2, 0.25) is 0 Å². The van der Waals surface area contributed by atoms with E-state index in [2.05, 4.69) is 40.2 Å². The molecule has 0 N–H and O–H groups in total. The summed E-state index contributed by atoms with van der Waals surface area (Å²) >= 11 is 3.50. The van der Waals surface area contributed by atoms with Crippen molar-refractivity contribution in [3.05, 3.63) is 34.3 Å². The molecule has 2 rings (SSSR count). The van der Waals surface area contributed by atoms with E-state index in [1.165, 1.54) is 18.4 Å². The van der Waals surface area contributed by atoms with Gasteiger partial charge in [-0.3, -0.25) is 0 Å². The number of nitrogens with zero attached hydrogens (tertiary/aromatic N) is 1. The zero-order chi connectivity index (χ0) is 10.7. The fourth-order valence-corrected chi connectivity index (χ4v) is 2.99. The summed E-state index contributed by atoms with van der Waals surface area (Å²) in [6.07, 6.45) is 5.50. The van der Waals surface area contributed by atoms with Crippen LogP contribution in [-0.4, -0.2) is 0 Å². The van der Waals surface area contributed by atoms with Crippen LogP contribution in [0.25, 0.3) is 0 Å². The lowest BCUT2D eigenvalue weighted by Gasteiger charge is -2.26. The molecule has 1 saturated carbocycles. The Morgan fingerprint density at radius 1 is 1.33 bits per heavy atom. The third-order valence-electron chi connectivity index (χ3n) is 3.42.